The predicted octanol–water partition coefficient (Wildman–Crippen LogP) is 4.17. The minimum absolute atomic E-state index is 0.213. The summed E-state index contributed by atoms with van der Waals surface area (Å²) in [7, 11) is 0. The van der Waals surface area contributed by atoms with Crippen LogP contribution in [-0.2, 0) is 13.1 Å². The number of imidazole rings is 1. The first kappa shape index (κ1) is 19.7. The summed E-state index contributed by atoms with van der Waals surface area (Å²) in [5, 5.41) is 0.777. The van der Waals surface area contributed by atoms with Crippen LogP contribution in [0.15, 0.2) is 27.8 Å². The van der Waals surface area contributed by atoms with E-state index in [1.165, 1.54) is 4.57 Å². The van der Waals surface area contributed by atoms with Gasteiger partial charge in [-0.2, -0.15) is 0 Å². The van der Waals surface area contributed by atoms with Gasteiger partial charge in [-0.15, -0.1) is 0 Å². The lowest BCUT2D eigenvalue weighted by atomic mass is 10.2. The Labute approximate surface area is 166 Å². The maximum absolute atomic E-state index is 12.6. The Bertz CT molecular complexity index is 1110. The number of H-pyrrole nitrogens is 1. The minimum atomic E-state index is -0.459. The maximum Gasteiger partial charge on any atom is 0.330 e. The van der Waals surface area contributed by atoms with E-state index in [2.05, 4.69) is 9.97 Å². The Morgan fingerprint density at radius 3 is 2.30 bits per heavy atom. The lowest BCUT2D eigenvalue weighted by molar-refractivity contribution is 0.512. The van der Waals surface area contributed by atoms with Gasteiger partial charge in [0.2, 0.25) is 0 Å². The zero-order valence-electron chi connectivity index (χ0n) is 15.7. The Hall–Kier alpha value is -2.05. The van der Waals surface area contributed by atoms with Gasteiger partial charge in [0.25, 0.3) is 5.56 Å². The molecule has 8 heteroatoms. The van der Waals surface area contributed by atoms with E-state index >= 15 is 0 Å². The van der Waals surface area contributed by atoms with Crippen LogP contribution < -0.4 is 11.2 Å². The van der Waals surface area contributed by atoms with E-state index in [-0.39, 0.29) is 11.8 Å². The summed E-state index contributed by atoms with van der Waals surface area (Å²) in [4.78, 5) is 32.1. The van der Waals surface area contributed by atoms with Crippen LogP contribution in [0.25, 0.3) is 22.6 Å². The van der Waals surface area contributed by atoms with Gasteiger partial charge < -0.3 is 4.57 Å². The molecule has 0 radical (unpaired) electrons. The molecule has 0 spiro atoms. The summed E-state index contributed by atoms with van der Waals surface area (Å²) in [5.74, 6) is 0.994. The molecular formula is C19H22Cl2N4O2. The van der Waals surface area contributed by atoms with Crippen LogP contribution in [0.4, 0.5) is 0 Å². The molecule has 27 heavy (non-hydrogen) atoms. The molecule has 0 unspecified atom stereocenters. The van der Waals surface area contributed by atoms with E-state index in [1.54, 1.807) is 12.1 Å². The first-order chi connectivity index (χ1) is 12.7. The van der Waals surface area contributed by atoms with Crippen LogP contribution in [0.5, 0.6) is 0 Å². The standard InChI is InChI=1S/C19H22Cl2N4O2/c1-10(2)8-24-15-17(25(9-11(3)4)19(27)23-18(15)26)22-16(24)12-6-5-7-13(20)14(12)21/h5-7,10-11H,8-9H2,1-4H3,(H,23,26,27). The van der Waals surface area contributed by atoms with Crippen molar-refractivity contribution in [3.05, 3.63) is 49.1 Å². The van der Waals surface area contributed by atoms with E-state index < -0.39 is 11.2 Å². The average molecular weight is 409 g/mol. The highest BCUT2D eigenvalue weighted by Gasteiger charge is 2.22. The highest BCUT2D eigenvalue weighted by atomic mass is 35.5. The van der Waals surface area contributed by atoms with Crippen molar-refractivity contribution in [2.24, 2.45) is 11.8 Å². The van der Waals surface area contributed by atoms with Gasteiger partial charge in [-0.25, -0.2) is 9.78 Å². The number of hydrogen-bond acceptors (Lipinski definition) is 3. The Morgan fingerprint density at radius 2 is 1.67 bits per heavy atom. The first-order valence-electron chi connectivity index (χ1n) is 8.88. The van der Waals surface area contributed by atoms with Gasteiger partial charge in [0.1, 0.15) is 5.82 Å². The molecule has 1 N–H and O–H groups in total. The molecule has 0 aliphatic heterocycles. The fraction of sp³-hybridized carbons (Fsp3) is 0.421. The first-order valence-corrected chi connectivity index (χ1v) is 9.64. The van der Waals surface area contributed by atoms with E-state index in [1.807, 2.05) is 38.3 Å². The van der Waals surface area contributed by atoms with Crippen molar-refractivity contribution in [3.8, 4) is 11.4 Å². The Kier molecular flexibility index (Phi) is 5.49. The Balaban J connectivity index is 2.43. The van der Waals surface area contributed by atoms with Crippen molar-refractivity contribution in [1.82, 2.24) is 19.1 Å². The molecule has 0 saturated heterocycles. The van der Waals surface area contributed by atoms with Crippen LogP contribution in [0, 0.1) is 11.8 Å². The van der Waals surface area contributed by atoms with Gasteiger partial charge >= 0.3 is 5.69 Å². The molecule has 6 nitrogen and oxygen atoms in total. The summed E-state index contributed by atoms with van der Waals surface area (Å²) in [6.07, 6.45) is 0. The maximum atomic E-state index is 12.6. The molecule has 0 amide bonds. The molecule has 0 fully saturated rings. The van der Waals surface area contributed by atoms with Gasteiger partial charge in [0, 0.05) is 18.7 Å². The Morgan fingerprint density at radius 1 is 1.04 bits per heavy atom. The quantitative estimate of drug-likeness (QED) is 0.688. The number of benzene rings is 1. The van der Waals surface area contributed by atoms with Crippen LogP contribution in [0.3, 0.4) is 0 Å². The normalized spacial score (nSPS) is 11.9. The zero-order valence-corrected chi connectivity index (χ0v) is 17.2. The monoisotopic (exact) mass is 408 g/mol. The smallest absolute Gasteiger partial charge is 0.318 e. The van der Waals surface area contributed by atoms with E-state index in [9.17, 15) is 9.59 Å². The average Bonchev–Trinajstić information content (AvgIpc) is 2.92. The number of halogens is 2. The van der Waals surface area contributed by atoms with Crippen molar-refractivity contribution in [1.29, 1.82) is 0 Å². The van der Waals surface area contributed by atoms with Crippen molar-refractivity contribution in [2.45, 2.75) is 40.8 Å². The van der Waals surface area contributed by atoms with Crippen LogP contribution in [0.2, 0.25) is 10.0 Å². The molecule has 144 valence electrons. The number of nitrogens with one attached hydrogen (secondary N) is 1. The van der Waals surface area contributed by atoms with Crippen molar-refractivity contribution < 1.29 is 0 Å². The van der Waals surface area contributed by atoms with Gasteiger partial charge in [-0.1, -0.05) is 57.0 Å². The van der Waals surface area contributed by atoms with Gasteiger partial charge in [0.15, 0.2) is 11.2 Å². The number of aromatic amines is 1. The predicted molar refractivity (Wildman–Crippen MR) is 110 cm³/mol. The number of nitrogens with zero attached hydrogens (tertiary/aromatic N) is 3. The number of rotatable bonds is 5. The lowest BCUT2D eigenvalue weighted by Gasteiger charge is -2.13. The molecule has 2 aromatic heterocycles. The molecule has 0 aliphatic carbocycles. The molecule has 3 rings (SSSR count). The molecule has 0 atom stereocenters. The number of hydrogen-bond donors (Lipinski definition) is 1. The van der Waals surface area contributed by atoms with Crippen LogP contribution in [-0.4, -0.2) is 19.1 Å². The summed E-state index contributed by atoms with van der Waals surface area (Å²) in [6, 6.07) is 5.30. The minimum Gasteiger partial charge on any atom is -0.318 e. The number of aromatic nitrogens is 4. The summed E-state index contributed by atoms with van der Waals surface area (Å²) in [5.41, 5.74) is 0.454. The van der Waals surface area contributed by atoms with Gasteiger partial charge in [-0.3, -0.25) is 14.3 Å². The second-order valence-corrected chi connectivity index (χ2v) is 8.26. The summed E-state index contributed by atoms with van der Waals surface area (Å²) < 4.78 is 3.34. The topological polar surface area (TPSA) is 72.7 Å². The van der Waals surface area contributed by atoms with E-state index in [4.69, 9.17) is 23.2 Å². The molecule has 0 bridgehead atoms. The fourth-order valence-electron chi connectivity index (χ4n) is 3.13. The molecular weight excluding hydrogens is 387 g/mol. The van der Waals surface area contributed by atoms with E-state index in [0.29, 0.717) is 45.7 Å². The fourth-order valence-corrected chi connectivity index (χ4v) is 3.52. The third-order valence-corrected chi connectivity index (χ3v) is 4.99. The molecule has 0 saturated carbocycles. The molecule has 3 aromatic rings. The molecule has 0 aliphatic rings. The van der Waals surface area contributed by atoms with Crippen LogP contribution in [0.1, 0.15) is 27.7 Å². The SMILES string of the molecule is CC(C)Cn1c(-c2cccc(Cl)c2Cl)nc2c1c(=O)[nH]c(=O)n2CC(C)C. The third kappa shape index (κ3) is 3.69. The zero-order chi connectivity index (χ0) is 19.9. The van der Waals surface area contributed by atoms with Crippen molar-refractivity contribution in [2.75, 3.05) is 0 Å². The molecule has 1 aromatic carbocycles. The second kappa shape index (κ2) is 7.52. The highest BCUT2D eigenvalue weighted by molar-refractivity contribution is 6.43. The summed E-state index contributed by atoms with van der Waals surface area (Å²) in [6.45, 7) is 9.11. The summed E-state index contributed by atoms with van der Waals surface area (Å²) >= 11 is 12.6. The van der Waals surface area contributed by atoms with Crippen molar-refractivity contribution in [3.63, 3.8) is 0 Å². The number of fused-ring (bicyclic) bond motifs is 1. The van der Waals surface area contributed by atoms with Gasteiger partial charge in [0.05, 0.1) is 10.0 Å². The third-order valence-electron chi connectivity index (χ3n) is 4.17. The van der Waals surface area contributed by atoms with Crippen molar-refractivity contribution >= 4 is 34.4 Å². The highest BCUT2D eigenvalue weighted by Crippen LogP contribution is 2.34. The lowest BCUT2D eigenvalue weighted by Crippen LogP contribution is -2.32. The van der Waals surface area contributed by atoms with Crippen LogP contribution >= 0.6 is 23.2 Å². The van der Waals surface area contributed by atoms with Gasteiger partial charge in [-0.05, 0) is 24.0 Å². The second-order valence-electron chi connectivity index (χ2n) is 7.48. The molecule has 2 heterocycles. The largest absolute Gasteiger partial charge is 0.330 e. The van der Waals surface area contributed by atoms with E-state index in [0.717, 1.165) is 0 Å².